The summed E-state index contributed by atoms with van der Waals surface area (Å²) in [4.78, 5) is 33.3. The van der Waals surface area contributed by atoms with E-state index in [-0.39, 0.29) is 11.5 Å². The number of carbonyl (C=O) groups excluding carboxylic acids is 1. The summed E-state index contributed by atoms with van der Waals surface area (Å²) in [7, 11) is 1.57. The number of aryl methyl sites for hydroxylation is 2. The summed E-state index contributed by atoms with van der Waals surface area (Å²) in [5.74, 6) is 0.357. The Morgan fingerprint density at radius 1 is 1.10 bits per heavy atom. The third-order valence-corrected chi connectivity index (χ3v) is 6.44. The van der Waals surface area contributed by atoms with Crippen molar-refractivity contribution in [1.29, 1.82) is 0 Å². The predicted molar refractivity (Wildman–Crippen MR) is 117 cm³/mol. The van der Waals surface area contributed by atoms with Gasteiger partial charge in [0.05, 0.1) is 12.7 Å². The fourth-order valence-corrected chi connectivity index (χ4v) is 5.01. The normalized spacial score (nSPS) is 16.6. The van der Waals surface area contributed by atoms with Crippen LogP contribution in [0.25, 0.3) is 5.57 Å². The van der Waals surface area contributed by atoms with Crippen LogP contribution in [0.5, 0.6) is 5.75 Å². The van der Waals surface area contributed by atoms with Crippen molar-refractivity contribution in [3.8, 4) is 5.75 Å². The van der Waals surface area contributed by atoms with Gasteiger partial charge in [0.25, 0.3) is 11.5 Å². The summed E-state index contributed by atoms with van der Waals surface area (Å²) in [5.41, 5.74) is 4.91. The van der Waals surface area contributed by atoms with E-state index in [1.807, 2.05) is 0 Å². The molecule has 0 aliphatic carbocycles. The van der Waals surface area contributed by atoms with E-state index in [4.69, 9.17) is 4.74 Å². The van der Waals surface area contributed by atoms with Crippen LogP contribution in [0.3, 0.4) is 0 Å². The number of benzene rings is 2. The lowest BCUT2D eigenvalue weighted by Gasteiger charge is -2.26. The Balaban J connectivity index is 1.64. The molecule has 0 bridgehead atoms. The average molecular weight is 420 g/mol. The molecule has 2 aliphatic heterocycles. The van der Waals surface area contributed by atoms with Crippen LogP contribution in [-0.2, 0) is 11.5 Å². The molecule has 5 rings (SSSR count). The minimum atomic E-state index is -0.277. The Kier molecular flexibility index (Phi) is 4.25. The highest BCUT2D eigenvalue weighted by molar-refractivity contribution is 7.07. The van der Waals surface area contributed by atoms with Gasteiger partial charge >= 0.3 is 0 Å². The van der Waals surface area contributed by atoms with Crippen LogP contribution in [0.2, 0.25) is 0 Å². The zero-order valence-corrected chi connectivity index (χ0v) is 17.7. The van der Waals surface area contributed by atoms with E-state index in [0.717, 1.165) is 16.8 Å². The first-order valence-corrected chi connectivity index (χ1v) is 10.4. The third kappa shape index (κ3) is 2.91. The lowest BCUT2D eigenvalue weighted by molar-refractivity contribution is -0.110. The minimum absolute atomic E-state index is 0.200. The van der Waals surface area contributed by atoms with Crippen LogP contribution >= 0.6 is 11.3 Å². The van der Waals surface area contributed by atoms with Crippen LogP contribution < -0.4 is 29.8 Å². The first kappa shape index (κ1) is 18.6. The molecule has 30 heavy (non-hydrogen) atoms. The molecule has 0 unspecified atom stereocenters. The van der Waals surface area contributed by atoms with Crippen LogP contribution in [0.1, 0.15) is 16.7 Å². The van der Waals surface area contributed by atoms with Crippen molar-refractivity contribution in [3.63, 3.8) is 0 Å². The van der Waals surface area contributed by atoms with E-state index in [9.17, 15) is 9.59 Å². The number of rotatable bonds is 2. The first-order valence-electron chi connectivity index (χ1n) is 9.56. The number of methoxy groups -OCH3 is 1. The Bertz CT molecular complexity index is 1370. The number of thiazole rings is 1. The zero-order valence-electron chi connectivity index (χ0n) is 16.9. The van der Waals surface area contributed by atoms with Crippen LogP contribution in [0.15, 0.2) is 46.2 Å². The number of hydrogen-bond acceptors (Lipinski definition) is 6. The van der Waals surface area contributed by atoms with Crippen LogP contribution in [-0.4, -0.2) is 24.3 Å². The summed E-state index contributed by atoms with van der Waals surface area (Å²) >= 11 is 1.26. The molecule has 0 saturated heterocycles. The molecular weight excluding hydrogens is 400 g/mol. The molecule has 1 amide bonds. The molecule has 3 aromatic rings. The third-order valence-electron chi connectivity index (χ3n) is 5.32. The van der Waals surface area contributed by atoms with Crippen molar-refractivity contribution >= 4 is 34.2 Å². The van der Waals surface area contributed by atoms with E-state index >= 15 is 0 Å². The van der Waals surface area contributed by atoms with Gasteiger partial charge in [-0.2, -0.15) is 0 Å². The maximum absolute atomic E-state index is 13.3. The number of carbonyl (C=O) groups is 1. The molecule has 1 aromatic heterocycles. The zero-order chi connectivity index (χ0) is 21.0. The van der Waals surface area contributed by atoms with Crippen molar-refractivity contribution in [2.45, 2.75) is 20.5 Å². The molecule has 152 valence electrons. The van der Waals surface area contributed by atoms with Crippen molar-refractivity contribution < 1.29 is 9.53 Å². The standard InChI is InChI=1S/C22H20N4O3S/c1-12-6-13(2)8-14(7-12)25-10-23-22-26(11-25)21(28)19(30-22)18-16-9-15(29-3)4-5-17(16)24-20(18)27/h4-9H,10-11H2,1-3H3,(H,24,27). The number of ether oxygens (including phenoxy) is 1. The van der Waals surface area contributed by atoms with E-state index in [2.05, 4.69) is 47.3 Å². The second-order valence-corrected chi connectivity index (χ2v) is 8.49. The summed E-state index contributed by atoms with van der Waals surface area (Å²) in [5, 5.41) is 2.84. The molecule has 2 aliphatic rings. The van der Waals surface area contributed by atoms with E-state index in [1.165, 1.54) is 11.3 Å². The molecule has 0 saturated carbocycles. The Morgan fingerprint density at radius 3 is 2.60 bits per heavy atom. The minimum Gasteiger partial charge on any atom is -0.497 e. The Labute approximate surface area is 176 Å². The quantitative estimate of drug-likeness (QED) is 0.685. The molecule has 3 heterocycles. The second-order valence-electron chi connectivity index (χ2n) is 7.51. The van der Waals surface area contributed by atoms with Gasteiger partial charge in [-0.3, -0.25) is 14.2 Å². The van der Waals surface area contributed by atoms with Gasteiger partial charge in [0.2, 0.25) is 0 Å². The van der Waals surface area contributed by atoms with Crippen molar-refractivity contribution in [3.05, 3.63) is 72.8 Å². The second kappa shape index (κ2) is 6.84. The van der Waals surface area contributed by atoms with Crippen molar-refractivity contribution in [2.24, 2.45) is 4.99 Å². The fraction of sp³-hybridized carbons (Fsp3) is 0.227. The highest BCUT2D eigenvalue weighted by Crippen LogP contribution is 2.33. The lowest BCUT2D eigenvalue weighted by Crippen LogP contribution is -2.43. The highest BCUT2D eigenvalue weighted by Gasteiger charge is 2.28. The van der Waals surface area contributed by atoms with E-state index in [0.29, 0.717) is 45.2 Å². The molecule has 1 N–H and O–H groups in total. The number of hydrogen-bond donors (Lipinski definition) is 1. The van der Waals surface area contributed by atoms with Gasteiger partial charge in [-0.15, -0.1) is 0 Å². The maximum Gasteiger partial charge on any atom is 0.272 e. The topological polar surface area (TPSA) is 75.9 Å². The maximum atomic E-state index is 13.3. The predicted octanol–water partition coefficient (Wildman–Crippen LogP) is 1.74. The number of amides is 1. The molecule has 2 aromatic carbocycles. The van der Waals surface area contributed by atoms with Gasteiger partial charge in [0.15, 0.2) is 4.80 Å². The van der Waals surface area contributed by atoms with Gasteiger partial charge in [-0.05, 0) is 55.3 Å². The molecular formula is C22H20N4O3S. The average Bonchev–Trinajstić information content (AvgIpc) is 3.21. The van der Waals surface area contributed by atoms with Crippen molar-refractivity contribution in [2.75, 3.05) is 24.0 Å². The summed E-state index contributed by atoms with van der Waals surface area (Å²) < 4.78 is 7.34. The molecule has 0 radical (unpaired) electrons. The smallest absolute Gasteiger partial charge is 0.272 e. The number of anilines is 2. The highest BCUT2D eigenvalue weighted by atomic mass is 32.1. The van der Waals surface area contributed by atoms with E-state index in [1.54, 1.807) is 29.9 Å². The number of nitrogens with zero attached hydrogens (tertiary/aromatic N) is 3. The first-order chi connectivity index (χ1) is 14.4. The summed E-state index contributed by atoms with van der Waals surface area (Å²) in [6.45, 7) is 4.98. The molecule has 0 atom stereocenters. The van der Waals surface area contributed by atoms with Crippen LogP contribution in [0.4, 0.5) is 11.4 Å². The number of aromatic nitrogens is 1. The monoisotopic (exact) mass is 420 g/mol. The van der Waals surface area contributed by atoms with E-state index < -0.39 is 0 Å². The Hall–Kier alpha value is -3.39. The summed E-state index contributed by atoms with van der Waals surface area (Å²) in [6.07, 6.45) is 0. The summed E-state index contributed by atoms with van der Waals surface area (Å²) in [6, 6.07) is 11.7. The fourth-order valence-electron chi connectivity index (χ4n) is 3.96. The van der Waals surface area contributed by atoms with Crippen molar-refractivity contribution in [1.82, 2.24) is 4.57 Å². The lowest BCUT2D eigenvalue weighted by atomic mass is 10.1. The number of fused-ring (bicyclic) bond motifs is 2. The van der Waals surface area contributed by atoms with Gasteiger partial charge in [0, 0.05) is 16.9 Å². The largest absolute Gasteiger partial charge is 0.497 e. The van der Waals surface area contributed by atoms with Crippen LogP contribution in [0, 0.1) is 13.8 Å². The number of nitrogens with one attached hydrogen (secondary N) is 1. The SMILES string of the molecule is COc1ccc2c(c1)C(=c1sc3n(c1=O)CN(c1cc(C)cc(C)c1)CN=3)C(=O)N2. The van der Waals surface area contributed by atoms with Gasteiger partial charge in [-0.25, -0.2) is 4.99 Å². The molecule has 0 spiro atoms. The van der Waals surface area contributed by atoms with Gasteiger partial charge in [-0.1, -0.05) is 17.4 Å². The molecule has 7 nitrogen and oxygen atoms in total. The molecule has 0 fully saturated rings. The Morgan fingerprint density at radius 2 is 1.87 bits per heavy atom. The van der Waals surface area contributed by atoms with Gasteiger partial charge < -0.3 is 15.0 Å². The van der Waals surface area contributed by atoms with Gasteiger partial charge in [0.1, 0.15) is 23.6 Å². The molecule has 8 heteroatoms.